The molecule has 1 heteroatoms. The molecule has 0 spiro atoms. The summed E-state index contributed by atoms with van der Waals surface area (Å²) >= 11 is 0. The highest BCUT2D eigenvalue weighted by Crippen LogP contribution is 2.48. The van der Waals surface area contributed by atoms with Crippen LogP contribution in [0.15, 0.2) is 138 Å². The fourth-order valence-corrected chi connectivity index (χ4v) is 5.80. The van der Waals surface area contributed by atoms with E-state index in [4.69, 9.17) is 7.16 Å². The van der Waals surface area contributed by atoms with Crippen LogP contribution in [-0.4, -0.2) is 0 Å². The summed E-state index contributed by atoms with van der Waals surface area (Å²) in [6, 6.07) is 42.4. The van der Waals surface area contributed by atoms with Gasteiger partial charge in [0.1, 0.15) is 11.2 Å². The molecule has 7 aromatic carbocycles. The van der Waals surface area contributed by atoms with Crippen LogP contribution in [0.4, 0.5) is 0 Å². The lowest BCUT2D eigenvalue weighted by Gasteiger charge is -2.15. The highest BCUT2D eigenvalue weighted by atomic mass is 16.3. The summed E-state index contributed by atoms with van der Waals surface area (Å²) in [6.45, 7) is 0. The van der Waals surface area contributed by atoms with E-state index in [2.05, 4.69) is 72.8 Å². The molecule has 0 N–H and O–H groups in total. The van der Waals surface area contributed by atoms with E-state index in [0.29, 0.717) is 12.1 Å². The van der Waals surface area contributed by atoms with Crippen molar-refractivity contribution in [1.82, 2.24) is 0 Å². The molecule has 8 aromatic rings. The third-order valence-electron chi connectivity index (χ3n) is 7.49. The Balaban J connectivity index is 1.53. The van der Waals surface area contributed by atoms with Gasteiger partial charge in [-0.05, 0) is 61.6 Å². The van der Waals surface area contributed by atoms with Gasteiger partial charge in [-0.25, -0.2) is 0 Å². The summed E-state index contributed by atoms with van der Waals surface area (Å²) in [5.74, 6) is 0. The first-order chi connectivity index (χ1) is 19.1. The van der Waals surface area contributed by atoms with Crippen molar-refractivity contribution in [3.63, 3.8) is 0 Å². The van der Waals surface area contributed by atoms with Gasteiger partial charge < -0.3 is 4.42 Å². The van der Waals surface area contributed by atoms with Crippen molar-refractivity contribution in [2.24, 2.45) is 0 Å². The van der Waals surface area contributed by atoms with Gasteiger partial charge in [-0.2, -0.15) is 0 Å². The predicted molar refractivity (Wildman–Crippen MR) is 157 cm³/mol. The van der Waals surface area contributed by atoms with Crippen molar-refractivity contribution in [3.05, 3.63) is 133 Å². The van der Waals surface area contributed by atoms with Gasteiger partial charge in [-0.15, -0.1) is 0 Å². The van der Waals surface area contributed by atoms with Crippen LogP contribution in [0.5, 0.6) is 0 Å². The number of benzene rings is 7. The van der Waals surface area contributed by atoms with E-state index in [1.165, 1.54) is 5.39 Å². The normalized spacial score (nSPS) is 12.5. The van der Waals surface area contributed by atoms with E-state index in [1.54, 1.807) is 0 Å². The lowest BCUT2D eigenvalue weighted by molar-refractivity contribution is 0.670. The minimum absolute atomic E-state index is 0.513. The van der Waals surface area contributed by atoms with Gasteiger partial charge in [-0.3, -0.25) is 0 Å². The average Bonchev–Trinajstić information content (AvgIpc) is 3.34. The first-order valence-electron chi connectivity index (χ1n) is 13.5. The molecule has 0 aliphatic rings. The molecule has 172 valence electrons. The Labute approximate surface area is 217 Å². The monoisotopic (exact) mass is 472 g/mol. The molecule has 0 atom stereocenters. The molecule has 0 aliphatic heterocycles. The maximum atomic E-state index is 8.02. The van der Waals surface area contributed by atoms with Crippen LogP contribution < -0.4 is 0 Å². The number of furan rings is 1. The maximum Gasteiger partial charge on any atom is 0.144 e. The summed E-state index contributed by atoms with van der Waals surface area (Å²) in [5.41, 5.74) is 6.20. The summed E-state index contributed by atoms with van der Waals surface area (Å²) < 4.78 is 22.7. The molecule has 37 heavy (non-hydrogen) atoms. The number of hydrogen-bond acceptors (Lipinski definition) is 1. The van der Waals surface area contributed by atoms with Crippen molar-refractivity contribution in [2.75, 3.05) is 0 Å². The fraction of sp³-hybridized carbons (Fsp3) is 0. The zero-order valence-corrected chi connectivity index (χ0v) is 20.0. The number of para-hydroxylation sites is 1. The Kier molecular flexibility index (Phi) is 3.88. The number of hydrogen-bond donors (Lipinski definition) is 0. The number of rotatable bonds is 2. The second kappa shape index (κ2) is 7.81. The van der Waals surface area contributed by atoms with E-state index in [-0.39, 0.29) is 0 Å². The van der Waals surface area contributed by atoms with E-state index < -0.39 is 0 Å². The quantitative estimate of drug-likeness (QED) is 0.244. The third-order valence-corrected chi connectivity index (χ3v) is 7.49. The van der Waals surface area contributed by atoms with Crippen molar-refractivity contribution >= 4 is 54.3 Å². The highest BCUT2D eigenvalue weighted by molar-refractivity contribution is 6.27. The molecule has 8 rings (SSSR count). The molecule has 0 aliphatic carbocycles. The fourth-order valence-electron chi connectivity index (χ4n) is 5.80. The lowest BCUT2D eigenvalue weighted by Crippen LogP contribution is -1.89. The third kappa shape index (κ3) is 3.04. The molecule has 0 saturated carbocycles. The molecule has 1 heterocycles. The van der Waals surface area contributed by atoms with Crippen LogP contribution in [0, 0.1) is 0 Å². The summed E-state index contributed by atoms with van der Waals surface area (Å²) in [7, 11) is 0. The highest BCUT2D eigenvalue weighted by Gasteiger charge is 2.22. The zero-order valence-electron chi connectivity index (χ0n) is 22.0. The Morgan fingerprint density at radius 1 is 0.459 bits per heavy atom. The minimum atomic E-state index is 0.513. The van der Waals surface area contributed by atoms with E-state index >= 15 is 0 Å². The van der Waals surface area contributed by atoms with Gasteiger partial charge in [0.25, 0.3) is 0 Å². The first kappa shape index (κ1) is 18.4. The van der Waals surface area contributed by atoms with E-state index in [9.17, 15) is 0 Å². The van der Waals surface area contributed by atoms with Crippen LogP contribution >= 0.6 is 0 Å². The second-order valence-corrected chi connectivity index (χ2v) is 9.57. The first-order valence-corrected chi connectivity index (χ1v) is 12.5. The molecule has 0 bridgehead atoms. The van der Waals surface area contributed by atoms with Gasteiger partial charge in [0.2, 0.25) is 0 Å². The summed E-state index contributed by atoms with van der Waals surface area (Å²) in [5, 5.41) is 8.84. The van der Waals surface area contributed by atoms with Gasteiger partial charge >= 0.3 is 0 Å². The maximum absolute atomic E-state index is 8.02. The molecular formula is C36H22O. The molecule has 0 radical (unpaired) electrons. The Hall–Kier alpha value is -4.88. The Morgan fingerprint density at radius 3 is 1.70 bits per heavy atom. The van der Waals surface area contributed by atoms with Gasteiger partial charge in [0, 0.05) is 21.9 Å². The topological polar surface area (TPSA) is 13.1 Å². The average molecular weight is 473 g/mol. The zero-order chi connectivity index (χ0) is 26.1. The van der Waals surface area contributed by atoms with Gasteiger partial charge in [-0.1, -0.05) is 115 Å². The van der Waals surface area contributed by atoms with Crippen LogP contribution in [0.25, 0.3) is 76.5 Å². The molecule has 0 unspecified atom stereocenters. The largest absolute Gasteiger partial charge is 0.455 e. The summed E-state index contributed by atoms with van der Waals surface area (Å²) in [6.07, 6.45) is 0. The van der Waals surface area contributed by atoms with Crippen LogP contribution in [0.1, 0.15) is 2.74 Å². The minimum Gasteiger partial charge on any atom is -0.455 e. The molecule has 0 fully saturated rings. The van der Waals surface area contributed by atoms with Gasteiger partial charge in [0.05, 0.1) is 2.74 Å². The lowest BCUT2D eigenvalue weighted by atomic mass is 9.87. The Morgan fingerprint density at radius 2 is 1.03 bits per heavy atom. The SMILES string of the molecule is [2H]c1ccc2cc(-c3c4ccccc4c(-c4ccc5cc([2H])ccc5c4)c4c3oc3ccccc34)ccc2c1. The molecule has 1 nitrogen and oxygen atoms in total. The van der Waals surface area contributed by atoms with Crippen molar-refractivity contribution in [3.8, 4) is 22.3 Å². The molecule has 1 aromatic heterocycles. The predicted octanol–water partition coefficient (Wildman–Crippen LogP) is 10.4. The Bertz CT molecular complexity index is 2260. The van der Waals surface area contributed by atoms with Gasteiger partial charge in [0.15, 0.2) is 0 Å². The molecule has 0 amide bonds. The molecule has 0 saturated heterocycles. The van der Waals surface area contributed by atoms with Crippen molar-refractivity contribution in [2.45, 2.75) is 0 Å². The smallest absolute Gasteiger partial charge is 0.144 e. The van der Waals surface area contributed by atoms with Crippen molar-refractivity contribution in [1.29, 1.82) is 0 Å². The molecular weight excluding hydrogens is 448 g/mol. The van der Waals surface area contributed by atoms with Crippen molar-refractivity contribution < 1.29 is 7.16 Å². The van der Waals surface area contributed by atoms with Crippen LogP contribution in [0.2, 0.25) is 0 Å². The van der Waals surface area contributed by atoms with Crippen LogP contribution in [0.3, 0.4) is 0 Å². The van der Waals surface area contributed by atoms with E-state index in [0.717, 1.165) is 71.1 Å². The van der Waals surface area contributed by atoms with Crippen LogP contribution in [-0.2, 0) is 0 Å². The second-order valence-electron chi connectivity index (χ2n) is 9.57. The standard InChI is InChI=1S/C36H22O/c1-3-11-25-21-27(19-17-23(25)9-1)33-29-13-5-6-14-30(29)34(28-20-18-24-10-2-4-12-26(24)22-28)36-35(33)31-15-7-8-16-32(31)37-36/h1-22H/i1D,2D. The number of fused-ring (bicyclic) bond motifs is 6. The van der Waals surface area contributed by atoms with E-state index in [1.807, 2.05) is 48.5 Å². The summed E-state index contributed by atoms with van der Waals surface area (Å²) in [4.78, 5) is 0.